The lowest BCUT2D eigenvalue weighted by atomic mass is 9.98. The Kier molecular flexibility index (Phi) is 6.85. The van der Waals surface area contributed by atoms with Crippen molar-refractivity contribution in [3.05, 3.63) is 200 Å². The van der Waals surface area contributed by atoms with Crippen molar-refractivity contribution in [3.63, 3.8) is 0 Å². The van der Waals surface area contributed by atoms with Crippen LogP contribution < -0.4 is 0 Å². The summed E-state index contributed by atoms with van der Waals surface area (Å²) in [6.07, 6.45) is 0. The summed E-state index contributed by atoms with van der Waals surface area (Å²) in [6.45, 7) is 0. The molecule has 0 fully saturated rings. The van der Waals surface area contributed by atoms with Gasteiger partial charge in [0.15, 0.2) is 17.5 Å². The summed E-state index contributed by atoms with van der Waals surface area (Å²) in [5, 5.41) is 1.65. The molecule has 0 aliphatic carbocycles. The Hall–Kier alpha value is -7.43. The molecule has 258 valence electrons. The zero-order chi connectivity index (χ0) is 40.9. The largest absolute Gasteiger partial charge is 0.455 e. The molecule has 0 amide bonds. The van der Waals surface area contributed by atoms with Gasteiger partial charge in [-0.2, -0.15) is 0 Å². The van der Waals surface area contributed by atoms with Crippen molar-refractivity contribution < 1.29 is 11.3 Å². The molecule has 10 aromatic rings. The van der Waals surface area contributed by atoms with Gasteiger partial charge in [0, 0.05) is 33.0 Å². The number of benzene rings is 8. The molecule has 0 aliphatic rings. The SMILES string of the molecule is [2H]c1c([2H])c([2H])c(-c2nc(-c3ccc(-c4cccc(-c5ccccc5)c4)cc3)nc(-c3cccc4oc5c(-c6ccc(-c7ccccc7)cc6)cccc5c34)n2)c([2H])c1[2H]. The van der Waals surface area contributed by atoms with E-state index in [1.54, 1.807) is 0 Å². The quantitative estimate of drug-likeness (QED) is 0.165. The Morgan fingerprint density at radius 1 is 0.364 bits per heavy atom. The first kappa shape index (κ1) is 27.2. The van der Waals surface area contributed by atoms with Crippen LogP contribution in [-0.4, -0.2) is 15.0 Å². The molecule has 0 saturated carbocycles. The Bertz CT molecular complexity index is 3210. The molecule has 8 aromatic carbocycles. The van der Waals surface area contributed by atoms with E-state index in [9.17, 15) is 0 Å². The van der Waals surface area contributed by atoms with Gasteiger partial charge in [-0.15, -0.1) is 0 Å². The molecule has 4 heteroatoms. The van der Waals surface area contributed by atoms with E-state index in [-0.39, 0.29) is 23.0 Å². The predicted octanol–water partition coefficient (Wildman–Crippen LogP) is 13.4. The molecule has 0 N–H and O–H groups in total. The molecule has 0 radical (unpaired) electrons. The van der Waals surface area contributed by atoms with Crippen molar-refractivity contribution in [2.75, 3.05) is 0 Å². The van der Waals surface area contributed by atoms with E-state index in [0.717, 1.165) is 55.3 Å². The van der Waals surface area contributed by atoms with Gasteiger partial charge in [-0.3, -0.25) is 0 Å². The Morgan fingerprint density at radius 3 is 1.55 bits per heavy atom. The van der Waals surface area contributed by atoms with Crippen molar-refractivity contribution in [2.24, 2.45) is 0 Å². The summed E-state index contributed by atoms with van der Waals surface area (Å²) < 4.78 is 49.3. The fraction of sp³-hybridized carbons (Fsp3) is 0. The highest BCUT2D eigenvalue weighted by atomic mass is 16.3. The first-order valence-corrected chi connectivity index (χ1v) is 18.0. The van der Waals surface area contributed by atoms with Gasteiger partial charge in [0.1, 0.15) is 11.2 Å². The van der Waals surface area contributed by atoms with E-state index in [4.69, 9.17) is 26.2 Å². The van der Waals surface area contributed by atoms with Crippen LogP contribution >= 0.6 is 0 Å². The normalized spacial score (nSPS) is 12.5. The van der Waals surface area contributed by atoms with Crippen LogP contribution in [-0.2, 0) is 0 Å². The summed E-state index contributed by atoms with van der Waals surface area (Å²) in [5.74, 6) is 0.526. The van der Waals surface area contributed by atoms with Gasteiger partial charge < -0.3 is 4.42 Å². The number of furan rings is 1. The van der Waals surface area contributed by atoms with E-state index in [1.165, 1.54) is 0 Å². The fourth-order valence-electron chi connectivity index (χ4n) is 7.15. The number of para-hydroxylation sites is 1. The third-order valence-electron chi connectivity index (χ3n) is 9.87. The van der Waals surface area contributed by atoms with E-state index in [0.29, 0.717) is 22.3 Å². The fourth-order valence-corrected chi connectivity index (χ4v) is 7.15. The first-order valence-electron chi connectivity index (χ1n) is 20.5. The molecule has 0 saturated heterocycles. The standard InChI is InChI=1S/C51H33N3O/c1-4-13-34(14-5-1)36-25-29-38(30-26-36)43-21-11-22-44-47-45(23-12-24-46(47)55-48(43)44)51-53-49(39-17-8-3-9-18-39)52-50(54-51)40-31-27-37(28-32-40)42-20-10-19-41(33-42)35-15-6-2-7-16-35/h1-33H/i3D,8D,9D,17D,18D. The number of hydrogen-bond donors (Lipinski definition) is 0. The van der Waals surface area contributed by atoms with Crippen molar-refractivity contribution >= 4 is 21.9 Å². The predicted molar refractivity (Wildman–Crippen MR) is 225 cm³/mol. The third kappa shape index (κ3) is 6.16. The maximum absolute atomic E-state index is 8.82. The molecular formula is C51H33N3O. The molecule has 4 nitrogen and oxygen atoms in total. The van der Waals surface area contributed by atoms with Crippen LogP contribution in [0, 0.1) is 0 Å². The smallest absolute Gasteiger partial charge is 0.164 e. The highest BCUT2D eigenvalue weighted by Gasteiger charge is 2.19. The minimum Gasteiger partial charge on any atom is -0.455 e. The lowest BCUT2D eigenvalue weighted by Gasteiger charge is -2.10. The molecule has 0 unspecified atom stereocenters. The van der Waals surface area contributed by atoms with Crippen molar-refractivity contribution in [1.82, 2.24) is 15.0 Å². The van der Waals surface area contributed by atoms with Gasteiger partial charge >= 0.3 is 0 Å². The molecule has 2 aromatic heterocycles. The number of nitrogens with zero attached hydrogens (tertiary/aromatic N) is 3. The van der Waals surface area contributed by atoms with Crippen LogP contribution in [0.1, 0.15) is 6.85 Å². The summed E-state index contributed by atoms with van der Waals surface area (Å²) in [4.78, 5) is 14.7. The molecule has 2 heterocycles. The molecule has 55 heavy (non-hydrogen) atoms. The zero-order valence-electron chi connectivity index (χ0n) is 34.4. The number of fused-ring (bicyclic) bond motifs is 3. The minimum absolute atomic E-state index is 0.0318. The second-order valence-corrected chi connectivity index (χ2v) is 13.2. The van der Waals surface area contributed by atoms with E-state index in [1.807, 2.05) is 103 Å². The summed E-state index contributed by atoms with van der Waals surface area (Å²) in [5.41, 5.74) is 11.0. The minimum atomic E-state index is -0.490. The molecule has 0 spiro atoms. The monoisotopic (exact) mass is 708 g/mol. The highest BCUT2D eigenvalue weighted by molar-refractivity contribution is 6.15. The Morgan fingerprint density at radius 2 is 0.855 bits per heavy atom. The topological polar surface area (TPSA) is 51.8 Å². The van der Waals surface area contributed by atoms with Gasteiger partial charge in [-0.05, 0) is 51.1 Å². The van der Waals surface area contributed by atoms with Gasteiger partial charge in [0.2, 0.25) is 0 Å². The average Bonchev–Trinajstić information content (AvgIpc) is 3.70. The maximum atomic E-state index is 8.82. The third-order valence-corrected chi connectivity index (χ3v) is 9.87. The van der Waals surface area contributed by atoms with E-state index < -0.39 is 30.2 Å². The Balaban J connectivity index is 1.12. The summed E-state index contributed by atoms with van der Waals surface area (Å²) in [7, 11) is 0. The van der Waals surface area contributed by atoms with Crippen LogP contribution in [0.25, 0.3) is 101 Å². The molecule has 0 atom stereocenters. The molecule has 0 aliphatic heterocycles. The van der Waals surface area contributed by atoms with Crippen LogP contribution in [0.4, 0.5) is 0 Å². The van der Waals surface area contributed by atoms with Crippen molar-refractivity contribution in [2.45, 2.75) is 0 Å². The average molecular weight is 709 g/mol. The van der Waals surface area contributed by atoms with Crippen molar-refractivity contribution in [1.29, 1.82) is 0 Å². The molecule has 0 bridgehead atoms. The summed E-state index contributed by atoms with van der Waals surface area (Å²) in [6, 6.07) is 54.6. The molecule has 10 rings (SSSR count). The zero-order valence-corrected chi connectivity index (χ0v) is 29.4. The van der Waals surface area contributed by atoms with Crippen molar-refractivity contribution in [3.8, 4) is 78.7 Å². The number of aromatic nitrogens is 3. The van der Waals surface area contributed by atoms with Crippen LogP contribution in [0.2, 0.25) is 0 Å². The van der Waals surface area contributed by atoms with Gasteiger partial charge in [-0.1, -0.05) is 188 Å². The van der Waals surface area contributed by atoms with E-state index >= 15 is 0 Å². The number of rotatable bonds is 7. The van der Waals surface area contributed by atoms with Gasteiger partial charge in [0.05, 0.1) is 6.85 Å². The summed E-state index contributed by atoms with van der Waals surface area (Å²) >= 11 is 0. The maximum Gasteiger partial charge on any atom is 0.164 e. The Labute approximate surface area is 326 Å². The molecular weight excluding hydrogens is 671 g/mol. The lowest BCUT2D eigenvalue weighted by Crippen LogP contribution is -2.00. The number of hydrogen-bond acceptors (Lipinski definition) is 4. The van der Waals surface area contributed by atoms with Crippen LogP contribution in [0.3, 0.4) is 0 Å². The lowest BCUT2D eigenvalue weighted by molar-refractivity contribution is 0.670. The first-order chi connectivity index (χ1) is 29.3. The van der Waals surface area contributed by atoms with Gasteiger partial charge in [0.25, 0.3) is 0 Å². The van der Waals surface area contributed by atoms with Gasteiger partial charge in [-0.25, -0.2) is 15.0 Å². The highest BCUT2D eigenvalue weighted by Crippen LogP contribution is 2.41. The van der Waals surface area contributed by atoms with E-state index in [2.05, 4.69) is 66.7 Å². The second-order valence-electron chi connectivity index (χ2n) is 13.2. The van der Waals surface area contributed by atoms with Crippen LogP contribution in [0.15, 0.2) is 204 Å². The second kappa shape index (κ2) is 13.8. The van der Waals surface area contributed by atoms with Crippen LogP contribution in [0.5, 0.6) is 0 Å².